The van der Waals surface area contributed by atoms with Crippen LogP contribution in [0.1, 0.15) is 11.1 Å². The van der Waals surface area contributed by atoms with Crippen molar-refractivity contribution < 1.29 is 8.42 Å². The first-order chi connectivity index (χ1) is 9.51. The minimum Gasteiger partial charge on any atom is -0.207 e. The van der Waals surface area contributed by atoms with E-state index in [4.69, 9.17) is 11.6 Å². The maximum atomic E-state index is 12.1. The molecular formula is C14H13BrClNO2S. The third-order valence-corrected chi connectivity index (χ3v) is 5.00. The van der Waals surface area contributed by atoms with Crippen LogP contribution in [-0.4, -0.2) is 8.42 Å². The summed E-state index contributed by atoms with van der Waals surface area (Å²) in [5, 5.41) is 1.14. The molecule has 20 heavy (non-hydrogen) atoms. The Morgan fingerprint density at radius 3 is 2.45 bits per heavy atom. The molecule has 6 heteroatoms. The summed E-state index contributed by atoms with van der Waals surface area (Å²) >= 11 is 9.18. The Hall–Kier alpha value is -0.880. The van der Waals surface area contributed by atoms with E-state index >= 15 is 0 Å². The quantitative estimate of drug-likeness (QED) is 0.811. The van der Waals surface area contributed by atoms with Crippen LogP contribution in [0.5, 0.6) is 0 Å². The molecule has 0 fully saturated rings. The van der Waals surface area contributed by atoms with Crippen LogP contribution < -0.4 is 4.72 Å². The minimum atomic E-state index is -3.55. The van der Waals surface area contributed by atoms with Crippen molar-refractivity contribution in [3.8, 4) is 0 Å². The second-order valence-electron chi connectivity index (χ2n) is 4.24. The van der Waals surface area contributed by atoms with Crippen molar-refractivity contribution in [2.45, 2.75) is 16.8 Å². The molecule has 0 heterocycles. The van der Waals surface area contributed by atoms with E-state index in [1.54, 1.807) is 12.1 Å². The molecule has 0 spiro atoms. The molecule has 0 aliphatic carbocycles. The molecule has 0 aromatic heterocycles. The summed E-state index contributed by atoms with van der Waals surface area (Å²) in [6.07, 6.45) is 0. The molecule has 2 aromatic rings. The van der Waals surface area contributed by atoms with Crippen LogP contribution in [0.15, 0.2) is 53.4 Å². The lowest BCUT2D eigenvalue weighted by molar-refractivity contribution is 0.581. The van der Waals surface area contributed by atoms with Gasteiger partial charge in [-0.3, -0.25) is 0 Å². The first kappa shape index (κ1) is 15.5. The number of rotatable bonds is 5. The van der Waals surface area contributed by atoms with Crippen LogP contribution in [0.4, 0.5) is 0 Å². The third kappa shape index (κ3) is 4.06. The van der Waals surface area contributed by atoms with E-state index in [1.165, 1.54) is 12.1 Å². The predicted molar refractivity (Wildman–Crippen MR) is 84.6 cm³/mol. The zero-order valence-corrected chi connectivity index (χ0v) is 13.7. The van der Waals surface area contributed by atoms with E-state index in [0.29, 0.717) is 5.02 Å². The highest BCUT2D eigenvalue weighted by atomic mass is 79.9. The van der Waals surface area contributed by atoms with Crippen molar-refractivity contribution in [3.05, 3.63) is 64.7 Å². The second kappa shape index (κ2) is 6.72. The fourth-order valence-electron chi connectivity index (χ4n) is 1.72. The van der Waals surface area contributed by atoms with E-state index in [1.807, 2.05) is 24.3 Å². The fourth-order valence-corrected chi connectivity index (χ4v) is 3.39. The van der Waals surface area contributed by atoms with Crippen LogP contribution in [0, 0.1) is 0 Å². The van der Waals surface area contributed by atoms with Gasteiger partial charge >= 0.3 is 0 Å². The molecule has 0 radical (unpaired) electrons. The zero-order valence-electron chi connectivity index (χ0n) is 10.5. The Morgan fingerprint density at radius 1 is 1.05 bits per heavy atom. The molecule has 0 aliphatic rings. The fraction of sp³-hybridized carbons (Fsp3) is 0.143. The molecule has 1 N–H and O–H groups in total. The first-order valence-electron chi connectivity index (χ1n) is 5.90. The van der Waals surface area contributed by atoms with Crippen molar-refractivity contribution in [3.63, 3.8) is 0 Å². The Balaban J connectivity index is 2.13. The van der Waals surface area contributed by atoms with Crippen molar-refractivity contribution in [2.24, 2.45) is 0 Å². The smallest absolute Gasteiger partial charge is 0.207 e. The summed E-state index contributed by atoms with van der Waals surface area (Å²) in [6.45, 7) is 0.246. The molecule has 0 atom stereocenters. The minimum absolute atomic E-state index is 0.168. The van der Waals surface area contributed by atoms with Gasteiger partial charge in [0.25, 0.3) is 0 Å². The zero-order chi connectivity index (χ0) is 14.6. The number of nitrogens with one attached hydrogen (secondary N) is 1. The number of hydrogen-bond acceptors (Lipinski definition) is 2. The van der Waals surface area contributed by atoms with Gasteiger partial charge in [0, 0.05) is 16.9 Å². The molecule has 0 unspecified atom stereocenters. The average Bonchev–Trinajstić information content (AvgIpc) is 2.45. The van der Waals surface area contributed by atoms with E-state index in [9.17, 15) is 8.42 Å². The van der Waals surface area contributed by atoms with Crippen LogP contribution in [0.3, 0.4) is 0 Å². The highest BCUT2D eigenvalue weighted by Gasteiger charge is 2.13. The van der Waals surface area contributed by atoms with Gasteiger partial charge in [-0.25, -0.2) is 13.1 Å². The summed E-state index contributed by atoms with van der Waals surface area (Å²) < 4.78 is 26.8. The normalized spacial score (nSPS) is 11.5. The molecule has 0 saturated heterocycles. The number of alkyl halides is 1. The van der Waals surface area contributed by atoms with Crippen molar-refractivity contribution >= 4 is 37.6 Å². The molecule has 0 aliphatic heterocycles. The van der Waals surface area contributed by atoms with Crippen molar-refractivity contribution in [1.29, 1.82) is 0 Å². The molecule has 106 valence electrons. The van der Waals surface area contributed by atoms with Gasteiger partial charge in [0.2, 0.25) is 10.0 Å². The summed E-state index contributed by atoms with van der Waals surface area (Å²) in [6, 6.07) is 13.9. The Kier molecular flexibility index (Phi) is 5.21. The highest BCUT2D eigenvalue weighted by molar-refractivity contribution is 9.08. The van der Waals surface area contributed by atoms with Gasteiger partial charge in [-0.2, -0.15) is 0 Å². The van der Waals surface area contributed by atoms with Crippen molar-refractivity contribution in [2.75, 3.05) is 0 Å². The van der Waals surface area contributed by atoms with Gasteiger partial charge in [0.05, 0.1) is 4.90 Å². The SMILES string of the molecule is O=S(=O)(NCc1cccc(CBr)c1)c1cccc(Cl)c1. The van der Waals surface area contributed by atoms with E-state index < -0.39 is 10.0 Å². The lowest BCUT2D eigenvalue weighted by atomic mass is 10.1. The maximum Gasteiger partial charge on any atom is 0.240 e. The molecule has 2 rings (SSSR count). The lowest BCUT2D eigenvalue weighted by Gasteiger charge is -2.08. The first-order valence-corrected chi connectivity index (χ1v) is 8.88. The lowest BCUT2D eigenvalue weighted by Crippen LogP contribution is -2.23. The van der Waals surface area contributed by atoms with Gasteiger partial charge in [-0.05, 0) is 29.3 Å². The van der Waals surface area contributed by atoms with Gasteiger partial charge < -0.3 is 0 Å². The summed E-state index contributed by atoms with van der Waals surface area (Å²) in [5.41, 5.74) is 2.01. The number of hydrogen-bond donors (Lipinski definition) is 1. The number of halogens is 2. The number of sulfonamides is 1. The standard InChI is InChI=1S/C14H13BrClNO2S/c15-9-11-3-1-4-12(7-11)10-17-20(18,19)14-6-2-5-13(16)8-14/h1-8,17H,9-10H2. The van der Waals surface area contributed by atoms with Gasteiger partial charge in [-0.1, -0.05) is 57.9 Å². The summed E-state index contributed by atoms with van der Waals surface area (Å²) in [4.78, 5) is 0.168. The van der Waals surface area contributed by atoms with Crippen LogP contribution in [-0.2, 0) is 21.9 Å². The van der Waals surface area contributed by atoms with Crippen molar-refractivity contribution in [1.82, 2.24) is 4.72 Å². The molecular weight excluding hydrogens is 362 g/mol. The van der Waals surface area contributed by atoms with Crippen LogP contribution in [0.2, 0.25) is 5.02 Å². The summed E-state index contributed by atoms with van der Waals surface area (Å²) in [7, 11) is -3.55. The average molecular weight is 375 g/mol. The van der Waals surface area contributed by atoms with E-state index in [2.05, 4.69) is 20.7 Å². The molecule has 2 aromatic carbocycles. The molecule has 3 nitrogen and oxygen atoms in total. The molecule has 0 saturated carbocycles. The van der Waals surface area contributed by atoms with Crippen LogP contribution >= 0.6 is 27.5 Å². The largest absolute Gasteiger partial charge is 0.240 e. The topological polar surface area (TPSA) is 46.2 Å². The highest BCUT2D eigenvalue weighted by Crippen LogP contribution is 2.16. The van der Waals surface area contributed by atoms with Crippen LogP contribution in [0.25, 0.3) is 0 Å². The third-order valence-electron chi connectivity index (χ3n) is 2.72. The molecule has 0 bridgehead atoms. The predicted octanol–water partition coefficient (Wildman–Crippen LogP) is 3.71. The monoisotopic (exact) mass is 373 g/mol. The Labute approximate surface area is 132 Å². The molecule has 0 amide bonds. The Morgan fingerprint density at radius 2 is 1.75 bits per heavy atom. The van der Waals surface area contributed by atoms with Gasteiger partial charge in [0.15, 0.2) is 0 Å². The Bertz CT molecular complexity index is 704. The number of benzene rings is 2. The van der Waals surface area contributed by atoms with Gasteiger partial charge in [0.1, 0.15) is 0 Å². The second-order valence-corrected chi connectivity index (χ2v) is 7.00. The summed E-state index contributed by atoms with van der Waals surface area (Å²) in [5.74, 6) is 0. The van der Waals surface area contributed by atoms with E-state index in [0.717, 1.165) is 16.5 Å². The van der Waals surface area contributed by atoms with E-state index in [-0.39, 0.29) is 11.4 Å². The van der Waals surface area contributed by atoms with Gasteiger partial charge in [-0.15, -0.1) is 0 Å². The maximum absolute atomic E-state index is 12.1.